The van der Waals surface area contributed by atoms with Crippen LogP contribution >= 0.6 is 0 Å². The fourth-order valence-electron chi connectivity index (χ4n) is 3.39. The number of likely N-dealkylation sites (N-methyl/N-ethyl adjacent to an activating group) is 1. The minimum absolute atomic E-state index is 0.0940. The highest BCUT2D eigenvalue weighted by Crippen LogP contribution is 2.31. The SMILES string of the molecule is CN1CCN2CCS(=O)(=O)N=C2[C@H]1c1ccc(Oc2ccccc2)cc1. The van der Waals surface area contributed by atoms with E-state index in [0.29, 0.717) is 12.4 Å². The van der Waals surface area contributed by atoms with Crippen molar-refractivity contribution in [3.63, 3.8) is 0 Å². The summed E-state index contributed by atoms with van der Waals surface area (Å²) in [4.78, 5) is 4.23. The van der Waals surface area contributed by atoms with Crippen molar-refractivity contribution in [2.75, 3.05) is 32.4 Å². The second kappa shape index (κ2) is 6.74. The van der Waals surface area contributed by atoms with Crippen LogP contribution in [0.25, 0.3) is 0 Å². The lowest BCUT2D eigenvalue weighted by atomic mass is 10.0. The van der Waals surface area contributed by atoms with Crippen molar-refractivity contribution < 1.29 is 13.2 Å². The Morgan fingerprint density at radius 3 is 2.38 bits per heavy atom. The predicted molar refractivity (Wildman–Crippen MR) is 101 cm³/mol. The summed E-state index contributed by atoms with van der Waals surface area (Å²) < 4.78 is 33.9. The summed E-state index contributed by atoms with van der Waals surface area (Å²) in [6.07, 6.45) is 0. The Labute approximate surface area is 153 Å². The molecule has 26 heavy (non-hydrogen) atoms. The molecular formula is C19H21N3O3S. The number of piperazine rings is 1. The van der Waals surface area contributed by atoms with Gasteiger partial charge >= 0.3 is 0 Å². The van der Waals surface area contributed by atoms with Crippen LogP contribution in [0.3, 0.4) is 0 Å². The van der Waals surface area contributed by atoms with Crippen molar-refractivity contribution in [3.8, 4) is 11.5 Å². The standard InChI is InChI=1S/C19H21N3O3S/c1-21-11-12-22-13-14-26(23,24)20-19(22)18(21)15-7-9-17(10-8-15)25-16-5-3-2-4-6-16/h2-10,18H,11-14H2,1H3/t18-/m1/s1. The van der Waals surface area contributed by atoms with Crippen molar-refractivity contribution in [1.29, 1.82) is 0 Å². The summed E-state index contributed by atoms with van der Waals surface area (Å²) in [6.45, 7) is 2.18. The topological polar surface area (TPSA) is 62.2 Å². The molecule has 0 spiro atoms. The number of fused-ring (bicyclic) bond motifs is 1. The van der Waals surface area contributed by atoms with Crippen LogP contribution in [0.15, 0.2) is 59.0 Å². The molecule has 0 aromatic heterocycles. The molecule has 4 rings (SSSR count). The van der Waals surface area contributed by atoms with Gasteiger partial charge in [-0.1, -0.05) is 30.3 Å². The Morgan fingerprint density at radius 2 is 1.65 bits per heavy atom. The fourth-order valence-corrected chi connectivity index (χ4v) is 4.43. The van der Waals surface area contributed by atoms with Gasteiger partial charge in [0.05, 0.1) is 11.8 Å². The number of hydrogen-bond acceptors (Lipinski definition) is 5. The van der Waals surface area contributed by atoms with Crippen LogP contribution in [-0.2, 0) is 10.0 Å². The van der Waals surface area contributed by atoms with E-state index in [4.69, 9.17) is 4.74 Å². The molecule has 2 aliphatic rings. The van der Waals surface area contributed by atoms with E-state index >= 15 is 0 Å². The third-order valence-electron chi connectivity index (χ3n) is 4.76. The van der Waals surface area contributed by atoms with E-state index in [0.717, 1.165) is 30.2 Å². The number of sulfonamides is 1. The summed E-state index contributed by atoms with van der Waals surface area (Å²) >= 11 is 0. The molecule has 0 bridgehead atoms. The summed E-state index contributed by atoms with van der Waals surface area (Å²) in [5, 5.41) is 0. The predicted octanol–water partition coefficient (Wildman–Crippen LogP) is 2.51. The molecule has 0 radical (unpaired) electrons. The molecule has 2 aliphatic heterocycles. The summed E-state index contributed by atoms with van der Waals surface area (Å²) in [5.74, 6) is 2.25. The van der Waals surface area contributed by atoms with Crippen LogP contribution in [0, 0.1) is 0 Å². The van der Waals surface area contributed by atoms with Gasteiger partial charge in [-0.25, -0.2) is 8.42 Å². The van der Waals surface area contributed by atoms with Crippen molar-refractivity contribution in [2.45, 2.75) is 6.04 Å². The van der Waals surface area contributed by atoms with Crippen molar-refractivity contribution in [2.24, 2.45) is 4.40 Å². The molecule has 2 aromatic carbocycles. The number of benzene rings is 2. The van der Waals surface area contributed by atoms with E-state index in [1.807, 2.05) is 61.6 Å². The van der Waals surface area contributed by atoms with Crippen LogP contribution in [0.2, 0.25) is 0 Å². The summed E-state index contributed by atoms with van der Waals surface area (Å²) in [7, 11) is -1.37. The Balaban J connectivity index is 1.62. The van der Waals surface area contributed by atoms with Gasteiger partial charge < -0.3 is 9.64 Å². The maximum Gasteiger partial charge on any atom is 0.256 e. The second-order valence-corrected chi connectivity index (χ2v) is 8.34. The maximum atomic E-state index is 12.0. The van der Waals surface area contributed by atoms with Gasteiger partial charge in [-0.3, -0.25) is 4.90 Å². The number of rotatable bonds is 3. The van der Waals surface area contributed by atoms with E-state index in [2.05, 4.69) is 14.2 Å². The van der Waals surface area contributed by atoms with E-state index in [-0.39, 0.29) is 11.8 Å². The van der Waals surface area contributed by atoms with Gasteiger partial charge in [0.25, 0.3) is 10.0 Å². The Hall–Kier alpha value is -2.38. The van der Waals surface area contributed by atoms with Crippen LogP contribution in [0.1, 0.15) is 11.6 Å². The number of hydrogen-bond donors (Lipinski definition) is 0. The smallest absolute Gasteiger partial charge is 0.256 e. The van der Waals surface area contributed by atoms with Crippen molar-refractivity contribution >= 4 is 15.9 Å². The molecule has 1 atom stereocenters. The number of amidine groups is 1. The molecule has 2 heterocycles. The first-order valence-corrected chi connectivity index (χ1v) is 10.2. The lowest BCUT2D eigenvalue weighted by molar-refractivity contribution is 0.211. The monoisotopic (exact) mass is 371 g/mol. The third-order valence-corrected chi connectivity index (χ3v) is 5.92. The summed E-state index contributed by atoms with van der Waals surface area (Å²) in [5.41, 5.74) is 1.01. The minimum atomic E-state index is -3.37. The zero-order valence-electron chi connectivity index (χ0n) is 14.6. The number of ether oxygens (including phenoxy) is 1. The zero-order valence-corrected chi connectivity index (χ0v) is 15.4. The van der Waals surface area contributed by atoms with Crippen molar-refractivity contribution in [1.82, 2.24) is 9.80 Å². The van der Waals surface area contributed by atoms with Crippen LogP contribution in [-0.4, -0.2) is 56.5 Å². The maximum absolute atomic E-state index is 12.0. The largest absolute Gasteiger partial charge is 0.457 e. The molecule has 0 saturated carbocycles. The van der Waals surface area contributed by atoms with E-state index in [1.165, 1.54) is 0 Å². The molecule has 136 valence electrons. The molecule has 0 N–H and O–H groups in total. The highest BCUT2D eigenvalue weighted by molar-refractivity contribution is 7.90. The number of para-hydroxylation sites is 1. The average Bonchev–Trinajstić information content (AvgIpc) is 2.63. The molecule has 0 aliphatic carbocycles. The zero-order chi connectivity index (χ0) is 18.1. The summed E-state index contributed by atoms with van der Waals surface area (Å²) in [6, 6.07) is 17.2. The van der Waals surface area contributed by atoms with E-state index in [1.54, 1.807) is 0 Å². The van der Waals surface area contributed by atoms with Gasteiger partial charge in [0.1, 0.15) is 17.3 Å². The molecule has 7 heteroatoms. The average molecular weight is 371 g/mol. The molecule has 0 unspecified atom stereocenters. The van der Waals surface area contributed by atoms with Gasteiger partial charge in [0, 0.05) is 19.6 Å². The Bertz CT molecular complexity index is 911. The molecule has 6 nitrogen and oxygen atoms in total. The fraction of sp³-hybridized carbons (Fsp3) is 0.316. The van der Waals surface area contributed by atoms with Gasteiger partial charge in [-0.05, 0) is 36.9 Å². The first kappa shape index (κ1) is 17.1. The van der Waals surface area contributed by atoms with Gasteiger partial charge in [0.15, 0.2) is 0 Å². The minimum Gasteiger partial charge on any atom is -0.457 e. The van der Waals surface area contributed by atoms with Gasteiger partial charge in [0.2, 0.25) is 0 Å². The van der Waals surface area contributed by atoms with Gasteiger partial charge in [-0.15, -0.1) is 4.40 Å². The van der Waals surface area contributed by atoms with E-state index < -0.39 is 10.0 Å². The van der Waals surface area contributed by atoms with Gasteiger partial charge in [-0.2, -0.15) is 0 Å². The molecule has 0 amide bonds. The van der Waals surface area contributed by atoms with Crippen molar-refractivity contribution in [3.05, 3.63) is 60.2 Å². The third kappa shape index (κ3) is 3.45. The normalized spacial score (nSPS) is 22.4. The van der Waals surface area contributed by atoms with Crippen LogP contribution in [0.4, 0.5) is 0 Å². The lowest BCUT2D eigenvalue weighted by Gasteiger charge is -2.43. The second-order valence-electron chi connectivity index (χ2n) is 6.59. The first-order valence-electron chi connectivity index (χ1n) is 8.62. The molecule has 1 saturated heterocycles. The number of nitrogens with zero attached hydrogens (tertiary/aromatic N) is 3. The highest BCUT2D eigenvalue weighted by atomic mass is 32.2. The highest BCUT2D eigenvalue weighted by Gasteiger charge is 2.36. The first-order chi connectivity index (χ1) is 12.5. The van der Waals surface area contributed by atoms with Crippen LogP contribution < -0.4 is 4.74 Å². The lowest BCUT2D eigenvalue weighted by Crippen LogP contribution is -2.54. The molecule has 2 aromatic rings. The quantitative estimate of drug-likeness (QED) is 0.830. The Kier molecular flexibility index (Phi) is 4.42. The van der Waals surface area contributed by atoms with Crippen LogP contribution in [0.5, 0.6) is 11.5 Å². The molecule has 1 fully saturated rings. The van der Waals surface area contributed by atoms with E-state index in [9.17, 15) is 8.42 Å². The Morgan fingerprint density at radius 1 is 0.962 bits per heavy atom. The molecular weight excluding hydrogens is 350 g/mol.